The van der Waals surface area contributed by atoms with Crippen LogP contribution in [0.4, 0.5) is 5.69 Å². The summed E-state index contributed by atoms with van der Waals surface area (Å²) in [6, 6.07) is 7.50. The topological polar surface area (TPSA) is 32.3 Å². The molecule has 3 nitrogen and oxygen atoms in total. The van der Waals surface area contributed by atoms with Crippen LogP contribution in [0.3, 0.4) is 0 Å². The molecule has 0 saturated heterocycles. The Bertz CT molecular complexity index is 293. The summed E-state index contributed by atoms with van der Waals surface area (Å²) in [7, 11) is 4.14. The molecule has 0 aliphatic heterocycles. The maximum absolute atomic E-state index is 10.4. The number of nitrogens with one attached hydrogen (secondary N) is 1. The minimum absolute atomic E-state index is 0.717. The second kappa shape index (κ2) is 6.19. The highest BCUT2D eigenvalue weighted by molar-refractivity contribution is 5.75. The Hall–Kier alpha value is -1.35. The molecule has 0 amide bonds. The van der Waals surface area contributed by atoms with Crippen LogP contribution in [0.5, 0.6) is 0 Å². The quantitative estimate of drug-likeness (QED) is 0.569. The van der Waals surface area contributed by atoms with E-state index in [4.69, 9.17) is 0 Å². The van der Waals surface area contributed by atoms with Gasteiger partial charge >= 0.3 is 0 Å². The first-order chi connectivity index (χ1) is 7.22. The summed E-state index contributed by atoms with van der Waals surface area (Å²) in [5.74, 6) is 0. The Balaban J connectivity index is 2.28. The molecule has 0 radical (unpaired) electrons. The summed E-state index contributed by atoms with van der Waals surface area (Å²) in [5.41, 5.74) is 1.79. The third-order valence-electron chi connectivity index (χ3n) is 2.16. The Labute approximate surface area is 91.1 Å². The van der Waals surface area contributed by atoms with Crippen molar-refractivity contribution in [3.8, 4) is 0 Å². The van der Waals surface area contributed by atoms with E-state index in [0.717, 1.165) is 31.5 Å². The van der Waals surface area contributed by atoms with Gasteiger partial charge in [0.25, 0.3) is 0 Å². The first-order valence-corrected chi connectivity index (χ1v) is 5.16. The SMILES string of the molecule is CN(C)CCCNc1ccc(C=O)cc1. The van der Waals surface area contributed by atoms with Crippen LogP contribution >= 0.6 is 0 Å². The molecule has 0 aromatic heterocycles. The van der Waals surface area contributed by atoms with E-state index in [2.05, 4.69) is 24.3 Å². The molecule has 3 heteroatoms. The zero-order chi connectivity index (χ0) is 11.1. The van der Waals surface area contributed by atoms with Crippen molar-refractivity contribution in [1.82, 2.24) is 4.90 Å². The second-order valence-electron chi connectivity index (χ2n) is 3.82. The minimum atomic E-state index is 0.717. The zero-order valence-corrected chi connectivity index (χ0v) is 9.36. The first kappa shape index (κ1) is 11.7. The molecule has 0 spiro atoms. The standard InChI is InChI=1S/C12H18N2O/c1-14(2)9-3-8-13-12-6-4-11(10-15)5-7-12/h4-7,10,13H,3,8-9H2,1-2H3. The molecule has 1 rings (SSSR count). The minimum Gasteiger partial charge on any atom is -0.385 e. The summed E-state index contributed by atoms with van der Waals surface area (Å²) in [6.45, 7) is 2.04. The molecule has 0 aliphatic rings. The molecule has 0 bridgehead atoms. The van der Waals surface area contributed by atoms with E-state index in [-0.39, 0.29) is 0 Å². The average Bonchev–Trinajstić information content (AvgIpc) is 2.25. The number of nitrogens with zero attached hydrogens (tertiary/aromatic N) is 1. The van der Waals surface area contributed by atoms with Crippen molar-refractivity contribution in [3.63, 3.8) is 0 Å². The third kappa shape index (κ3) is 4.61. The highest BCUT2D eigenvalue weighted by Gasteiger charge is 1.93. The molecule has 0 atom stereocenters. The van der Waals surface area contributed by atoms with Gasteiger partial charge < -0.3 is 10.2 Å². The molecule has 1 aromatic carbocycles. The van der Waals surface area contributed by atoms with E-state index >= 15 is 0 Å². The molecular formula is C12H18N2O. The first-order valence-electron chi connectivity index (χ1n) is 5.16. The highest BCUT2D eigenvalue weighted by Crippen LogP contribution is 2.07. The van der Waals surface area contributed by atoms with E-state index in [0.29, 0.717) is 5.56 Å². The Morgan fingerprint density at radius 2 is 1.93 bits per heavy atom. The van der Waals surface area contributed by atoms with E-state index < -0.39 is 0 Å². The number of carbonyl (C=O) groups excluding carboxylic acids is 1. The fraction of sp³-hybridized carbons (Fsp3) is 0.417. The third-order valence-corrected chi connectivity index (χ3v) is 2.16. The van der Waals surface area contributed by atoms with Gasteiger partial charge in [0, 0.05) is 17.8 Å². The van der Waals surface area contributed by atoms with Gasteiger partial charge in [0.15, 0.2) is 0 Å². The monoisotopic (exact) mass is 206 g/mol. The van der Waals surface area contributed by atoms with Crippen LogP contribution in [0.25, 0.3) is 0 Å². The molecule has 0 heterocycles. The van der Waals surface area contributed by atoms with Crippen molar-refractivity contribution in [3.05, 3.63) is 29.8 Å². The maximum atomic E-state index is 10.4. The van der Waals surface area contributed by atoms with Crippen LogP contribution < -0.4 is 5.32 Å². The molecule has 1 aromatic rings. The summed E-state index contributed by atoms with van der Waals surface area (Å²) in [5, 5.41) is 3.31. The fourth-order valence-corrected chi connectivity index (χ4v) is 1.31. The van der Waals surface area contributed by atoms with Crippen molar-refractivity contribution >= 4 is 12.0 Å². The number of anilines is 1. The molecule has 0 saturated carbocycles. The predicted molar refractivity (Wildman–Crippen MR) is 63.5 cm³/mol. The van der Waals surface area contributed by atoms with E-state index in [1.165, 1.54) is 0 Å². The lowest BCUT2D eigenvalue weighted by molar-refractivity contribution is 0.112. The molecule has 1 N–H and O–H groups in total. The Morgan fingerprint density at radius 3 is 2.47 bits per heavy atom. The number of hydrogen-bond donors (Lipinski definition) is 1. The fourth-order valence-electron chi connectivity index (χ4n) is 1.31. The lowest BCUT2D eigenvalue weighted by Crippen LogP contribution is -2.16. The normalized spacial score (nSPS) is 10.3. The maximum Gasteiger partial charge on any atom is 0.150 e. The van der Waals surface area contributed by atoms with E-state index in [1.54, 1.807) is 0 Å². The van der Waals surface area contributed by atoms with Gasteiger partial charge in [-0.2, -0.15) is 0 Å². The Kier molecular flexibility index (Phi) is 4.84. The summed E-state index contributed by atoms with van der Waals surface area (Å²) in [4.78, 5) is 12.6. The van der Waals surface area contributed by atoms with Gasteiger partial charge in [-0.1, -0.05) is 0 Å². The molecule has 0 aliphatic carbocycles. The van der Waals surface area contributed by atoms with Gasteiger partial charge in [-0.15, -0.1) is 0 Å². The predicted octanol–water partition coefficient (Wildman–Crippen LogP) is 1.86. The summed E-state index contributed by atoms with van der Waals surface area (Å²) >= 11 is 0. The van der Waals surface area contributed by atoms with Gasteiger partial charge in [0.05, 0.1) is 0 Å². The number of hydrogen-bond acceptors (Lipinski definition) is 3. The number of carbonyl (C=O) groups is 1. The number of rotatable bonds is 6. The van der Waals surface area contributed by atoms with Crippen LogP contribution in [-0.4, -0.2) is 38.4 Å². The molecule has 15 heavy (non-hydrogen) atoms. The van der Waals surface area contributed by atoms with Crippen LogP contribution in [0.2, 0.25) is 0 Å². The number of aldehydes is 1. The van der Waals surface area contributed by atoms with Crippen molar-refractivity contribution in [1.29, 1.82) is 0 Å². The zero-order valence-electron chi connectivity index (χ0n) is 9.36. The lowest BCUT2D eigenvalue weighted by Gasteiger charge is -2.10. The molecular weight excluding hydrogens is 188 g/mol. The van der Waals surface area contributed by atoms with E-state index in [1.807, 2.05) is 24.3 Å². The van der Waals surface area contributed by atoms with Crippen molar-refractivity contribution < 1.29 is 4.79 Å². The van der Waals surface area contributed by atoms with Gasteiger partial charge in [0.1, 0.15) is 6.29 Å². The van der Waals surface area contributed by atoms with Crippen molar-refractivity contribution in [2.24, 2.45) is 0 Å². The largest absolute Gasteiger partial charge is 0.385 e. The van der Waals surface area contributed by atoms with Crippen molar-refractivity contribution in [2.45, 2.75) is 6.42 Å². The molecule has 82 valence electrons. The smallest absolute Gasteiger partial charge is 0.150 e. The van der Waals surface area contributed by atoms with Gasteiger partial charge in [0.2, 0.25) is 0 Å². The van der Waals surface area contributed by atoms with Gasteiger partial charge in [-0.25, -0.2) is 0 Å². The second-order valence-corrected chi connectivity index (χ2v) is 3.82. The van der Waals surface area contributed by atoms with Crippen LogP contribution in [0, 0.1) is 0 Å². The van der Waals surface area contributed by atoms with Gasteiger partial charge in [-0.05, 0) is 51.3 Å². The van der Waals surface area contributed by atoms with E-state index in [9.17, 15) is 4.79 Å². The average molecular weight is 206 g/mol. The highest BCUT2D eigenvalue weighted by atomic mass is 16.1. The van der Waals surface area contributed by atoms with Gasteiger partial charge in [-0.3, -0.25) is 4.79 Å². The number of benzene rings is 1. The summed E-state index contributed by atoms with van der Waals surface area (Å²) < 4.78 is 0. The van der Waals surface area contributed by atoms with Crippen LogP contribution in [0.15, 0.2) is 24.3 Å². The lowest BCUT2D eigenvalue weighted by atomic mass is 10.2. The summed E-state index contributed by atoms with van der Waals surface area (Å²) in [6.07, 6.45) is 1.97. The molecule has 0 fully saturated rings. The molecule has 0 unspecified atom stereocenters. The Morgan fingerprint density at radius 1 is 1.27 bits per heavy atom. The van der Waals surface area contributed by atoms with Crippen LogP contribution in [-0.2, 0) is 0 Å². The van der Waals surface area contributed by atoms with Crippen molar-refractivity contribution in [2.75, 3.05) is 32.5 Å². The van der Waals surface area contributed by atoms with Crippen LogP contribution in [0.1, 0.15) is 16.8 Å².